The number of rotatable bonds is 3. The third-order valence-corrected chi connectivity index (χ3v) is 6.09. The fourth-order valence-corrected chi connectivity index (χ4v) is 6.00. The lowest BCUT2D eigenvalue weighted by molar-refractivity contribution is -0.0825. The zero-order valence-corrected chi connectivity index (χ0v) is 12.6. The molecule has 0 saturated heterocycles. The quantitative estimate of drug-likeness (QED) is 0.786. The minimum absolute atomic E-state index is 0.0862. The Morgan fingerprint density at radius 2 is 2.05 bits per heavy atom. The van der Waals surface area contributed by atoms with Gasteiger partial charge >= 0.3 is 0 Å². The monoisotopic (exact) mass is 272 g/mol. The van der Waals surface area contributed by atoms with Crippen LogP contribution in [0.1, 0.15) is 63.0 Å². The van der Waals surface area contributed by atoms with Crippen LogP contribution >= 0.6 is 0 Å². The first kappa shape index (κ1) is 12.6. The van der Waals surface area contributed by atoms with Crippen molar-refractivity contribution < 1.29 is 4.79 Å². The van der Waals surface area contributed by atoms with Crippen LogP contribution in [0.25, 0.3) is 0 Å². The standard InChI is InChI=1S/C17H24N2O/c1-3-19-5-4-18-15(19)14(20)17-9-12-6-13(10-17)8-16(2,7-12)11-17/h4-5,12-13H,3,6-11H2,1-2H3. The van der Waals surface area contributed by atoms with Crippen molar-refractivity contribution >= 4 is 5.78 Å². The molecule has 4 fully saturated rings. The summed E-state index contributed by atoms with van der Waals surface area (Å²) in [7, 11) is 0. The van der Waals surface area contributed by atoms with E-state index >= 15 is 0 Å². The normalized spacial score (nSPS) is 42.1. The van der Waals surface area contributed by atoms with E-state index in [4.69, 9.17) is 0 Å². The first-order valence-electron chi connectivity index (χ1n) is 8.10. The Labute approximate surface area is 120 Å². The summed E-state index contributed by atoms with van der Waals surface area (Å²) in [5.41, 5.74) is 0.334. The summed E-state index contributed by atoms with van der Waals surface area (Å²) in [4.78, 5) is 17.6. The molecule has 2 atom stereocenters. The predicted molar refractivity (Wildman–Crippen MR) is 77.5 cm³/mol. The van der Waals surface area contributed by atoms with E-state index in [0.29, 0.717) is 17.0 Å². The van der Waals surface area contributed by atoms with Crippen molar-refractivity contribution in [1.29, 1.82) is 0 Å². The third kappa shape index (κ3) is 1.64. The van der Waals surface area contributed by atoms with E-state index in [1.165, 1.54) is 19.3 Å². The van der Waals surface area contributed by atoms with Crippen molar-refractivity contribution in [3.05, 3.63) is 18.2 Å². The summed E-state index contributed by atoms with van der Waals surface area (Å²) in [6.07, 6.45) is 11.1. The molecule has 108 valence electrons. The largest absolute Gasteiger partial charge is 0.329 e. The van der Waals surface area contributed by atoms with Gasteiger partial charge < -0.3 is 4.57 Å². The summed E-state index contributed by atoms with van der Waals surface area (Å²) >= 11 is 0. The zero-order valence-electron chi connectivity index (χ0n) is 12.6. The second kappa shape index (κ2) is 3.96. The second-order valence-corrected chi connectivity index (χ2v) is 7.92. The van der Waals surface area contributed by atoms with Gasteiger partial charge in [0.15, 0.2) is 5.82 Å². The number of carbonyl (C=O) groups is 1. The number of aromatic nitrogens is 2. The molecule has 4 saturated carbocycles. The van der Waals surface area contributed by atoms with Gasteiger partial charge in [0.2, 0.25) is 5.78 Å². The van der Waals surface area contributed by atoms with E-state index in [1.54, 1.807) is 6.20 Å². The third-order valence-electron chi connectivity index (χ3n) is 6.09. The molecule has 5 rings (SSSR count). The van der Waals surface area contributed by atoms with E-state index in [2.05, 4.69) is 18.8 Å². The summed E-state index contributed by atoms with van der Waals surface area (Å²) in [6, 6.07) is 0. The van der Waals surface area contributed by atoms with Crippen LogP contribution in [-0.4, -0.2) is 15.3 Å². The molecule has 1 aromatic heterocycles. The molecule has 1 aromatic rings. The van der Waals surface area contributed by atoms with Crippen LogP contribution in [0.15, 0.2) is 12.4 Å². The highest BCUT2D eigenvalue weighted by atomic mass is 16.1. The molecule has 0 N–H and O–H groups in total. The van der Waals surface area contributed by atoms with Crippen LogP contribution in [0.2, 0.25) is 0 Å². The van der Waals surface area contributed by atoms with E-state index < -0.39 is 0 Å². The molecule has 4 bridgehead atoms. The minimum atomic E-state index is -0.0862. The highest BCUT2D eigenvalue weighted by Crippen LogP contribution is 2.65. The lowest BCUT2D eigenvalue weighted by atomic mass is 9.44. The summed E-state index contributed by atoms with van der Waals surface area (Å²) in [6.45, 7) is 5.33. The van der Waals surface area contributed by atoms with Crippen molar-refractivity contribution in [1.82, 2.24) is 9.55 Å². The SMILES string of the molecule is CCn1ccnc1C(=O)C12CC3CC(CC(C)(C3)C1)C2. The number of carbonyl (C=O) groups excluding carboxylic acids is 1. The Bertz CT molecular complexity index is 545. The Balaban J connectivity index is 1.72. The molecule has 2 unspecified atom stereocenters. The van der Waals surface area contributed by atoms with Gasteiger partial charge in [-0.3, -0.25) is 4.79 Å². The number of ketones is 1. The van der Waals surface area contributed by atoms with E-state index in [-0.39, 0.29) is 5.41 Å². The van der Waals surface area contributed by atoms with Gasteiger partial charge in [-0.2, -0.15) is 0 Å². The van der Waals surface area contributed by atoms with Gasteiger partial charge in [-0.05, 0) is 62.7 Å². The molecule has 0 aromatic carbocycles. The van der Waals surface area contributed by atoms with Gasteiger partial charge in [0, 0.05) is 24.4 Å². The first-order chi connectivity index (χ1) is 9.54. The van der Waals surface area contributed by atoms with E-state index in [0.717, 1.165) is 37.6 Å². The fourth-order valence-electron chi connectivity index (χ4n) is 6.00. The van der Waals surface area contributed by atoms with Crippen molar-refractivity contribution in [2.24, 2.45) is 22.7 Å². The molecule has 0 aliphatic heterocycles. The lowest BCUT2D eigenvalue weighted by Crippen LogP contribution is -2.54. The van der Waals surface area contributed by atoms with Crippen molar-refractivity contribution in [2.75, 3.05) is 0 Å². The number of nitrogens with zero attached hydrogens (tertiary/aromatic N) is 2. The first-order valence-corrected chi connectivity index (χ1v) is 8.10. The van der Waals surface area contributed by atoms with Gasteiger partial charge in [0.05, 0.1) is 0 Å². The smallest absolute Gasteiger partial charge is 0.204 e. The van der Waals surface area contributed by atoms with Crippen LogP contribution in [0.3, 0.4) is 0 Å². The highest BCUT2D eigenvalue weighted by molar-refractivity contribution is 5.98. The topological polar surface area (TPSA) is 34.9 Å². The van der Waals surface area contributed by atoms with Crippen molar-refractivity contribution in [3.8, 4) is 0 Å². The maximum Gasteiger partial charge on any atom is 0.204 e. The molecule has 0 radical (unpaired) electrons. The molecule has 4 aliphatic rings. The zero-order chi connectivity index (χ0) is 14.0. The Morgan fingerprint density at radius 3 is 2.65 bits per heavy atom. The van der Waals surface area contributed by atoms with Gasteiger partial charge in [-0.1, -0.05) is 6.92 Å². The van der Waals surface area contributed by atoms with Crippen LogP contribution in [-0.2, 0) is 6.54 Å². The summed E-state index contributed by atoms with van der Waals surface area (Å²) in [5, 5.41) is 0. The lowest BCUT2D eigenvalue weighted by Gasteiger charge is -2.60. The molecule has 4 aliphatic carbocycles. The molecule has 3 heteroatoms. The molecule has 20 heavy (non-hydrogen) atoms. The predicted octanol–water partition coefficient (Wildman–Crippen LogP) is 3.69. The van der Waals surface area contributed by atoms with Gasteiger partial charge in [-0.25, -0.2) is 4.98 Å². The Kier molecular flexibility index (Phi) is 2.49. The van der Waals surface area contributed by atoms with Crippen LogP contribution in [0, 0.1) is 22.7 Å². The average Bonchev–Trinajstić information content (AvgIpc) is 2.82. The number of hydrogen-bond donors (Lipinski definition) is 0. The number of Topliss-reactive ketones (excluding diaryl/α,β-unsaturated/α-hetero) is 1. The minimum Gasteiger partial charge on any atom is -0.329 e. The van der Waals surface area contributed by atoms with Crippen LogP contribution < -0.4 is 0 Å². The maximum absolute atomic E-state index is 13.2. The van der Waals surface area contributed by atoms with Gasteiger partial charge in [0.25, 0.3) is 0 Å². The summed E-state index contributed by atoms with van der Waals surface area (Å²) < 4.78 is 2.02. The van der Waals surface area contributed by atoms with Crippen LogP contribution in [0.4, 0.5) is 0 Å². The number of aryl methyl sites for hydroxylation is 1. The molecular weight excluding hydrogens is 248 g/mol. The molecule has 0 amide bonds. The van der Waals surface area contributed by atoms with Crippen LogP contribution in [0.5, 0.6) is 0 Å². The molecular formula is C17H24N2O. The van der Waals surface area contributed by atoms with Gasteiger partial charge in [0.1, 0.15) is 0 Å². The summed E-state index contributed by atoms with van der Waals surface area (Å²) in [5.74, 6) is 2.62. The number of hydrogen-bond acceptors (Lipinski definition) is 2. The number of imidazole rings is 1. The van der Waals surface area contributed by atoms with E-state index in [9.17, 15) is 4.79 Å². The van der Waals surface area contributed by atoms with Crippen molar-refractivity contribution in [3.63, 3.8) is 0 Å². The highest BCUT2D eigenvalue weighted by Gasteiger charge is 2.59. The fraction of sp³-hybridized carbons (Fsp3) is 0.765. The molecule has 1 heterocycles. The van der Waals surface area contributed by atoms with E-state index in [1.807, 2.05) is 10.8 Å². The average molecular weight is 272 g/mol. The second-order valence-electron chi connectivity index (χ2n) is 7.92. The molecule has 0 spiro atoms. The Hall–Kier alpha value is -1.12. The maximum atomic E-state index is 13.2. The van der Waals surface area contributed by atoms with Crippen molar-refractivity contribution in [2.45, 2.75) is 58.9 Å². The van der Waals surface area contributed by atoms with Gasteiger partial charge in [-0.15, -0.1) is 0 Å². The molecule has 3 nitrogen and oxygen atoms in total. The Morgan fingerprint density at radius 1 is 1.35 bits per heavy atom.